The third-order valence-electron chi connectivity index (χ3n) is 4.78. The summed E-state index contributed by atoms with van der Waals surface area (Å²) < 4.78 is 5.46. The maximum absolute atomic E-state index is 12.1. The standard InChI is InChI=1S/C16H18ClNO4/c17-11-1-3-12(4-2-11)22-10-14(19)18-7-5-16(6-8-18)9-13(16)15(20)21/h1-4,13H,5-10H2,(H,20,21). The van der Waals surface area contributed by atoms with Crippen LogP contribution in [-0.2, 0) is 9.59 Å². The van der Waals surface area contributed by atoms with Gasteiger partial charge in [0.15, 0.2) is 6.61 Å². The van der Waals surface area contributed by atoms with Gasteiger partial charge >= 0.3 is 5.97 Å². The molecule has 1 aromatic rings. The van der Waals surface area contributed by atoms with Crippen LogP contribution in [-0.4, -0.2) is 41.6 Å². The van der Waals surface area contributed by atoms with E-state index in [1.807, 2.05) is 0 Å². The summed E-state index contributed by atoms with van der Waals surface area (Å²) >= 11 is 5.79. The Hall–Kier alpha value is -1.75. The van der Waals surface area contributed by atoms with Gasteiger partial charge in [-0.1, -0.05) is 11.6 Å². The molecule has 1 aromatic carbocycles. The predicted octanol–water partition coefficient (Wildman–Crippen LogP) is 2.43. The maximum atomic E-state index is 12.1. The first-order chi connectivity index (χ1) is 10.5. The Kier molecular flexibility index (Phi) is 4.00. The predicted molar refractivity (Wildman–Crippen MR) is 80.9 cm³/mol. The SMILES string of the molecule is O=C(O)C1CC12CCN(C(=O)COc1ccc(Cl)cc1)CC2. The van der Waals surface area contributed by atoms with E-state index >= 15 is 0 Å². The molecular formula is C16H18ClNO4. The van der Waals surface area contributed by atoms with Crippen molar-refractivity contribution < 1.29 is 19.4 Å². The molecule has 0 bridgehead atoms. The summed E-state index contributed by atoms with van der Waals surface area (Å²) in [6.07, 6.45) is 2.30. The minimum Gasteiger partial charge on any atom is -0.484 e. The van der Waals surface area contributed by atoms with E-state index in [2.05, 4.69) is 0 Å². The summed E-state index contributed by atoms with van der Waals surface area (Å²) in [7, 11) is 0. The minimum atomic E-state index is -0.703. The van der Waals surface area contributed by atoms with E-state index in [1.165, 1.54) is 0 Å². The number of amides is 1. The number of likely N-dealkylation sites (tertiary alicyclic amines) is 1. The molecule has 1 atom stereocenters. The number of carbonyl (C=O) groups excluding carboxylic acids is 1. The van der Waals surface area contributed by atoms with Crippen LogP contribution < -0.4 is 4.74 Å². The number of hydrogen-bond acceptors (Lipinski definition) is 3. The summed E-state index contributed by atoms with van der Waals surface area (Å²) in [4.78, 5) is 24.9. The van der Waals surface area contributed by atoms with Gasteiger partial charge in [-0.25, -0.2) is 0 Å². The van der Waals surface area contributed by atoms with Crippen LogP contribution in [0.3, 0.4) is 0 Å². The number of carboxylic acids is 1. The Labute approximate surface area is 133 Å². The molecule has 1 saturated carbocycles. The molecule has 1 spiro atoms. The van der Waals surface area contributed by atoms with Crippen molar-refractivity contribution in [1.29, 1.82) is 0 Å². The molecule has 1 amide bonds. The van der Waals surface area contributed by atoms with Gasteiger partial charge in [0.05, 0.1) is 5.92 Å². The van der Waals surface area contributed by atoms with Gasteiger partial charge in [0.1, 0.15) is 5.75 Å². The monoisotopic (exact) mass is 323 g/mol. The molecule has 1 unspecified atom stereocenters. The topological polar surface area (TPSA) is 66.8 Å². The molecule has 1 aliphatic carbocycles. The van der Waals surface area contributed by atoms with Crippen molar-refractivity contribution in [2.75, 3.05) is 19.7 Å². The number of carbonyl (C=O) groups is 2. The lowest BCUT2D eigenvalue weighted by molar-refractivity contribution is -0.140. The molecule has 3 rings (SSSR count). The van der Waals surface area contributed by atoms with Crippen LogP contribution in [0.1, 0.15) is 19.3 Å². The maximum Gasteiger partial charge on any atom is 0.307 e. The number of rotatable bonds is 4. The second kappa shape index (κ2) is 5.80. The molecule has 2 aliphatic rings. The largest absolute Gasteiger partial charge is 0.484 e. The van der Waals surface area contributed by atoms with Crippen LogP contribution >= 0.6 is 11.6 Å². The summed E-state index contributed by atoms with van der Waals surface area (Å²) in [5.74, 6) is -0.363. The second-order valence-electron chi connectivity index (χ2n) is 6.08. The number of nitrogens with zero attached hydrogens (tertiary/aromatic N) is 1. The lowest BCUT2D eigenvalue weighted by atomic mass is 9.91. The van der Waals surface area contributed by atoms with Gasteiger partial charge in [0.2, 0.25) is 0 Å². The van der Waals surface area contributed by atoms with Crippen molar-refractivity contribution in [3.05, 3.63) is 29.3 Å². The van der Waals surface area contributed by atoms with E-state index < -0.39 is 5.97 Å². The van der Waals surface area contributed by atoms with E-state index in [0.29, 0.717) is 23.9 Å². The molecule has 1 heterocycles. The van der Waals surface area contributed by atoms with Crippen LogP contribution in [0, 0.1) is 11.3 Å². The van der Waals surface area contributed by atoms with Gasteiger partial charge in [-0.05, 0) is 48.9 Å². The summed E-state index contributed by atoms with van der Waals surface area (Å²) in [5, 5.41) is 9.69. The lowest BCUT2D eigenvalue weighted by Crippen LogP contribution is -2.42. The van der Waals surface area contributed by atoms with Crippen LogP contribution in [0.5, 0.6) is 5.75 Å². The molecular weight excluding hydrogens is 306 g/mol. The number of ether oxygens (including phenoxy) is 1. The fraction of sp³-hybridized carbons (Fsp3) is 0.500. The number of halogens is 1. The molecule has 1 saturated heterocycles. The van der Waals surface area contributed by atoms with E-state index in [0.717, 1.165) is 19.3 Å². The van der Waals surface area contributed by atoms with Crippen LogP contribution in [0.2, 0.25) is 5.02 Å². The Balaban J connectivity index is 1.46. The van der Waals surface area contributed by atoms with Crippen molar-refractivity contribution in [3.8, 4) is 5.75 Å². The molecule has 5 nitrogen and oxygen atoms in total. The number of hydrogen-bond donors (Lipinski definition) is 1. The highest BCUT2D eigenvalue weighted by Gasteiger charge is 2.59. The van der Waals surface area contributed by atoms with Crippen molar-refractivity contribution in [2.45, 2.75) is 19.3 Å². The minimum absolute atomic E-state index is 0.00298. The first-order valence-electron chi connectivity index (χ1n) is 7.39. The Bertz CT molecular complexity index is 578. The Morgan fingerprint density at radius 3 is 2.45 bits per heavy atom. The van der Waals surface area contributed by atoms with Gasteiger partial charge in [-0.3, -0.25) is 9.59 Å². The van der Waals surface area contributed by atoms with Gasteiger partial charge in [-0.2, -0.15) is 0 Å². The summed E-state index contributed by atoms with van der Waals surface area (Å²) in [5.41, 5.74) is -0.0559. The zero-order valence-corrected chi connectivity index (χ0v) is 12.9. The smallest absolute Gasteiger partial charge is 0.307 e. The van der Waals surface area contributed by atoms with Crippen LogP contribution in [0.15, 0.2) is 24.3 Å². The second-order valence-corrected chi connectivity index (χ2v) is 6.52. The summed E-state index contributed by atoms with van der Waals surface area (Å²) in [6, 6.07) is 6.88. The first kappa shape index (κ1) is 15.2. The highest BCUT2D eigenvalue weighted by atomic mass is 35.5. The fourth-order valence-electron chi connectivity index (χ4n) is 3.22. The highest BCUT2D eigenvalue weighted by molar-refractivity contribution is 6.30. The van der Waals surface area contributed by atoms with Gasteiger partial charge < -0.3 is 14.7 Å². The Morgan fingerprint density at radius 2 is 1.91 bits per heavy atom. The third-order valence-corrected chi connectivity index (χ3v) is 5.03. The van der Waals surface area contributed by atoms with Gasteiger partial charge in [0, 0.05) is 18.1 Å². The number of carboxylic acid groups (broad SMARTS) is 1. The van der Waals surface area contributed by atoms with Crippen LogP contribution in [0.4, 0.5) is 0 Å². The quantitative estimate of drug-likeness (QED) is 0.924. The molecule has 0 aromatic heterocycles. The number of piperidine rings is 1. The van der Waals surface area contributed by atoms with Crippen molar-refractivity contribution in [3.63, 3.8) is 0 Å². The molecule has 1 N–H and O–H groups in total. The normalized spacial score (nSPS) is 22.4. The molecule has 1 aliphatic heterocycles. The fourth-order valence-corrected chi connectivity index (χ4v) is 3.34. The molecule has 0 radical (unpaired) electrons. The average Bonchev–Trinajstić information content (AvgIpc) is 3.21. The zero-order chi connectivity index (χ0) is 15.7. The molecule has 118 valence electrons. The summed E-state index contributed by atoms with van der Waals surface area (Å²) in [6.45, 7) is 1.23. The van der Waals surface area contributed by atoms with Crippen molar-refractivity contribution in [1.82, 2.24) is 4.90 Å². The van der Waals surface area contributed by atoms with Crippen LogP contribution in [0.25, 0.3) is 0 Å². The Morgan fingerprint density at radius 1 is 1.27 bits per heavy atom. The van der Waals surface area contributed by atoms with E-state index in [4.69, 9.17) is 21.4 Å². The third kappa shape index (κ3) is 3.04. The van der Waals surface area contributed by atoms with E-state index in [1.54, 1.807) is 29.2 Å². The first-order valence-corrected chi connectivity index (χ1v) is 7.77. The lowest BCUT2D eigenvalue weighted by Gasteiger charge is -2.32. The molecule has 22 heavy (non-hydrogen) atoms. The van der Waals surface area contributed by atoms with E-state index in [-0.39, 0.29) is 23.8 Å². The van der Waals surface area contributed by atoms with Gasteiger partial charge in [-0.15, -0.1) is 0 Å². The molecule has 6 heteroatoms. The zero-order valence-electron chi connectivity index (χ0n) is 12.1. The number of benzene rings is 1. The van der Waals surface area contributed by atoms with Crippen molar-refractivity contribution >= 4 is 23.5 Å². The number of aliphatic carboxylic acids is 1. The van der Waals surface area contributed by atoms with Crippen molar-refractivity contribution in [2.24, 2.45) is 11.3 Å². The molecule has 2 fully saturated rings. The van der Waals surface area contributed by atoms with E-state index in [9.17, 15) is 9.59 Å². The van der Waals surface area contributed by atoms with Gasteiger partial charge in [0.25, 0.3) is 5.91 Å². The average molecular weight is 324 g/mol. The highest BCUT2D eigenvalue weighted by Crippen LogP contribution is 2.59.